The number of esters is 1. The van der Waals surface area contributed by atoms with Gasteiger partial charge in [0.2, 0.25) is 13.6 Å². The molecule has 1 unspecified atom stereocenters. The fourth-order valence-corrected chi connectivity index (χ4v) is 4.33. The second-order valence-electron chi connectivity index (χ2n) is 7.49. The SMILES string of the molecule is C=C[C@@H]1[C@@H](c2ccc3c(c2)OCO3)OC[C@@H]1C(OC(C)=O)c1ccc2c(c1)OCO2. The lowest BCUT2D eigenvalue weighted by Crippen LogP contribution is -2.24. The van der Waals surface area contributed by atoms with Gasteiger partial charge in [0.05, 0.1) is 12.7 Å². The Hall–Kier alpha value is -3.19. The smallest absolute Gasteiger partial charge is 0.303 e. The van der Waals surface area contributed by atoms with Crippen LogP contribution >= 0.6 is 0 Å². The summed E-state index contributed by atoms with van der Waals surface area (Å²) in [6.45, 7) is 6.27. The van der Waals surface area contributed by atoms with Gasteiger partial charge < -0.3 is 28.4 Å². The van der Waals surface area contributed by atoms with Gasteiger partial charge in [-0.25, -0.2) is 0 Å². The zero-order valence-electron chi connectivity index (χ0n) is 16.5. The predicted octanol–water partition coefficient (Wildman–Crippen LogP) is 3.94. The van der Waals surface area contributed by atoms with E-state index < -0.39 is 6.10 Å². The van der Waals surface area contributed by atoms with Crippen LogP contribution in [-0.2, 0) is 14.3 Å². The highest BCUT2D eigenvalue weighted by Gasteiger charge is 2.43. The quantitative estimate of drug-likeness (QED) is 0.546. The number of ether oxygens (including phenoxy) is 6. The van der Waals surface area contributed by atoms with E-state index in [9.17, 15) is 4.79 Å². The monoisotopic (exact) mass is 410 g/mol. The van der Waals surface area contributed by atoms with Crippen LogP contribution in [0, 0.1) is 11.8 Å². The highest BCUT2D eigenvalue weighted by Crippen LogP contribution is 2.48. The Labute approximate surface area is 174 Å². The molecule has 1 saturated heterocycles. The van der Waals surface area contributed by atoms with Crippen molar-refractivity contribution < 1.29 is 33.2 Å². The first-order valence-electron chi connectivity index (χ1n) is 9.84. The van der Waals surface area contributed by atoms with E-state index in [0.717, 1.165) is 16.9 Å². The number of hydrogen-bond donors (Lipinski definition) is 0. The van der Waals surface area contributed by atoms with Gasteiger partial charge in [-0.2, -0.15) is 0 Å². The molecule has 0 bridgehead atoms. The Bertz CT molecular complexity index is 986. The van der Waals surface area contributed by atoms with Crippen LogP contribution in [0.1, 0.15) is 30.3 Å². The number of benzene rings is 2. The van der Waals surface area contributed by atoms with E-state index in [2.05, 4.69) is 6.58 Å². The number of carbonyl (C=O) groups is 1. The van der Waals surface area contributed by atoms with Crippen molar-refractivity contribution in [1.29, 1.82) is 0 Å². The molecule has 3 aliphatic rings. The third-order valence-corrected chi connectivity index (χ3v) is 5.72. The molecule has 0 aromatic heterocycles. The van der Waals surface area contributed by atoms with Gasteiger partial charge in [0.1, 0.15) is 6.10 Å². The Kier molecular flexibility index (Phi) is 4.75. The molecule has 0 N–H and O–H groups in total. The lowest BCUT2D eigenvalue weighted by Gasteiger charge is -2.27. The second kappa shape index (κ2) is 7.57. The molecule has 7 heteroatoms. The van der Waals surface area contributed by atoms with Gasteiger partial charge >= 0.3 is 5.97 Å². The van der Waals surface area contributed by atoms with E-state index in [-0.39, 0.29) is 37.5 Å². The molecule has 0 radical (unpaired) electrons. The molecule has 156 valence electrons. The molecule has 2 aromatic rings. The maximum atomic E-state index is 11.9. The average molecular weight is 410 g/mol. The molecular formula is C23H22O7. The van der Waals surface area contributed by atoms with Crippen molar-refractivity contribution in [2.75, 3.05) is 20.2 Å². The molecule has 0 amide bonds. The fraction of sp³-hybridized carbons (Fsp3) is 0.348. The van der Waals surface area contributed by atoms with Crippen LogP contribution in [0.5, 0.6) is 23.0 Å². The summed E-state index contributed by atoms with van der Waals surface area (Å²) >= 11 is 0. The topological polar surface area (TPSA) is 72.5 Å². The van der Waals surface area contributed by atoms with Gasteiger partial charge in [-0.1, -0.05) is 18.2 Å². The van der Waals surface area contributed by atoms with E-state index in [4.69, 9.17) is 28.4 Å². The van der Waals surface area contributed by atoms with Gasteiger partial charge in [-0.3, -0.25) is 4.79 Å². The van der Waals surface area contributed by atoms with Crippen molar-refractivity contribution in [3.8, 4) is 23.0 Å². The molecular weight excluding hydrogens is 388 g/mol. The van der Waals surface area contributed by atoms with Crippen LogP contribution in [0.4, 0.5) is 0 Å². The van der Waals surface area contributed by atoms with Gasteiger partial charge in [-0.05, 0) is 35.4 Å². The Morgan fingerprint density at radius 1 is 1.03 bits per heavy atom. The van der Waals surface area contributed by atoms with Gasteiger partial charge in [-0.15, -0.1) is 6.58 Å². The summed E-state index contributed by atoms with van der Waals surface area (Å²) < 4.78 is 33.8. The van der Waals surface area contributed by atoms with Gasteiger partial charge in [0.15, 0.2) is 23.0 Å². The van der Waals surface area contributed by atoms with Crippen molar-refractivity contribution in [3.63, 3.8) is 0 Å². The summed E-state index contributed by atoms with van der Waals surface area (Å²) in [6, 6.07) is 11.4. The van der Waals surface area contributed by atoms with Gasteiger partial charge in [0, 0.05) is 18.8 Å². The van der Waals surface area contributed by atoms with Gasteiger partial charge in [0.25, 0.3) is 0 Å². The zero-order valence-corrected chi connectivity index (χ0v) is 16.5. The summed E-state index contributed by atoms with van der Waals surface area (Å²) in [6.07, 6.45) is 1.14. The normalized spacial score (nSPS) is 24.5. The average Bonchev–Trinajstić information content (AvgIpc) is 3.49. The van der Waals surface area contributed by atoms with E-state index in [1.54, 1.807) is 0 Å². The standard InChI is InChI=1S/C23H22O7/c1-3-16-17(10-25-22(16)14-4-6-18-20(8-14)28-11-26-18)23(30-13(2)24)15-5-7-19-21(9-15)29-12-27-19/h3-9,16-17,22-23H,1,10-12H2,2H3/t16-,17-,22+,23?/m0/s1. The molecule has 2 aromatic carbocycles. The maximum Gasteiger partial charge on any atom is 0.303 e. The highest BCUT2D eigenvalue weighted by atomic mass is 16.7. The van der Waals surface area contributed by atoms with Crippen molar-refractivity contribution in [1.82, 2.24) is 0 Å². The van der Waals surface area contributed by atoms with E-state index in [1.165, 1.54) is 6.92 Å². The summed E-state index contributed by atoms with van der Waals surface area (Å²) in [5.74, 6) is 2.22. The molecule has 0 aliphatic carbocycles. The Morgan fingerprint density at radius 2 is 1.70 bits per heavy atom. The predicted molar refractivity (Wildman–Crippen MR) is 106 cm³/mol. The van der Waals surface area contributed by atoms with Crippen LogP contribution in [0.15, 0.2) is 49.1 Å². The number of carbonyl (C=O) groups excluding carboxylic acids is 1. The molecule has 7 nitrogen and oxygen atoms in total. The number of fused-ring (bicyclic) bond motifs is 2. The lowest BCUT2D eigenvalue weighted by molar-refractivity contribution is -0.150. The first-order valence-corrected chi connectivity index (χ1v) is 9.84. The summed E-state index contributed by atoms with van der Waals surface area (Å²) in [4.78, 5) is 11.9. The minimum absolute atomic E-state index is 0.0693. The minimum Gasteiger partial charge on any atom is -0.457 e. The van der Waals surface area contributed by atoms with Crippen molar-refractivity contribution >= 4 is 5.97 Å². The van der Waals surface area contributed by atoms with E-state index in [1.807, 2.05) is 42.5 Å². The number of hydrogen-bond acceptors (Lipinski definition) is 7. The fourth-order valence-electron chi connectivity index (χ4n) is 4.33. The summed E-state index contributed by atoms with van der Waals surface area (Å²) in [5, 5.41) is 0. The molecule has 3 heterocycles. The van der Waals surface area contributed by atoms with Crippen LogP contribution in [-0.4, -0.2) is 26.2 Å². The first kappa shape index (κ1) is 18.8. The van der Waals surface area contributed by atoms with Crippen LogP contribution < -0.4 is 18.9 Å². The molecule has 0 saturated carbocycles. The summed E-state index contributed by atoms with van der Waals surface area (Å²) in [5.41, 5.74) is 1.81. The van der Waals surface area contributed by atoms with Crippen LogP contribution in [0.25, 0.3) is 0 Å². The minimum atomic E-state index is -0.501. The highest BCUT2D eigenvalue weighted by molar-refractivity contribution is 5.66. The third kappa shape index (κ3) is 3.25. The lowest BCUT2D eigenvalue weighted by atomic mass is 9.81. The molecule has 0 spiro atoms. The van der Waals surface area contributed by atoms with E-state index >= 15 is 0 Å². The number of rotatable bonds is 5. The van der Waals surface area contributed by atoms with Crippen LogP contribution in [0.2, 0.25) is 0 Å². The molecule has 4 atom stereocenters. The molecule has 30 heavy (non-hydrogen) atoms. The summed E-state index contributed by atoms with van der Waals surface area (Å²) in [7, 11) is 0. The third-order valence-electron chi connectivity index (χ3n) is 5.72. The van der Waals surface area contributed by atoms with Crippen molar-refractivity contribution in [2.45, 2.75) is 19.1 Å². The Balaban J connectivity index is 1.46. The molecule has 3 aliphatic heterocycles. The maximum absolute atomic E-state index is 11.9. The van der Waals surface area contributed by atoms with Crippen molar-refractivity contribution in [3.05, 3.63) is 60.2 Å². The molecule has 1 fully saturated rings. The zero-order chi connectivity index (χ0) is 20.7. The van der Waals surface area contributed by atoms with Crippen molar-refractivity contribution in [2.24, 2.45) is 11.8 Å². The Morgan fingerprint density at radius 3 is 2.40 bits per heavy atom. The largest absolute Gasteiger partial charge is 0.457 e. The molecule has 5 rings (SSSR count). The first-order chi connectivity index (χ1) is 14.6. The van der Waals surface area contributed by atoms with Crippen LogP contribution in [0.3, 0.4) is 0 Å². The second-order valence-corrected chi connectivity index (χ2v) is 7.49. The van der Waals surface area contributed by atoms with E-state index in [0.29, 0.717) is 23.9 Å².